The zero-order valence-corrected chi connectivity index (χ0v) is 17.7. The fraction of sp³-hybridized carbons (Fsp3) is 0.400. The molecule has 3 aliphatic rings. The molecule has 6 N–H and O–H groups in total. The van der Waals surface area contributed by atoms with Crippen molar-refractivity contribution in [3.63, 3.8) is 0 Å². The Morgan fingerprint density at radius 3 is 2.64 bits per heavy atom. The van der Waals surface area contributed by atoms with E-state index in [1.165, 1.54) is 12.1 Å². The summed E-state index contributed by atoms with van der Waals surface area (Å²) in [5, 5.41) is 22.9. The van der Waals surface area contributed by atoms with Gasteiger partial charge in [-0.15, -0.1) is 0 Å². The molecule has 3 unspecified atom stereocenters. The van der Waals surface area contributed by atoms with Crippen molar-refractivity contribution in [3.8, 4) is 0 Å². The predicted octanol–water partition coefficient (Wildman–Crippen LogP) is -1.59. The zero-order chi connectivity index (χ0) is 23.9. The lowest BCUT2D eigenvalue weighted by Crippen LogP contribution is -2.72. The Morgan fingerprint density at radius 1 is 1.30 bits per heavy atom. The number of rotatable bonds is 7. The van der Waals surface area contributed by atoms with Gasteiger partial charge in [0.15, 0.2) is 5.84 Å². The van der Waals surface area contributed by atoms with Crippen LogP contribution in [0.25, 0.3) is 0 Å². The highest BCUT2D eigenvalue weighted by Gasteiger charge is 2.62. The Hall–Kier alpha value is -4.00. The van der Waals surface area contributed by atoms with Crippen molar-refractivity contribution >= 4 is 41.2 Å². The van der Waals surface area contributed by atoms with E-state index in [2.05, 4.69) is 20.6 Å². The number of benzene rings is 1. The number of amidine groups is 1. The van der Waals surface area contributed by atoms with E-state index in [9.17, 15) is 24.3 Å². The molecule has 3 atom stereocenters. The molecule has 33 heavy (non-hydrogen) atoms. The summed E-state index contributed by atoms with van der Waals surface area (Å²) < 4.78 is 0. The van der Waals surface area contributed by atoms with E-state index in [4.69, 9.17) is 10.8 Å². The van der Waals surface area contributed by atoms with Crippen LogP contribution in [0.15, 0.2) is 34.3 Å². The molecule has 1 fully saturated rings. The smallest absolute Gasteiger partial charge is 0.326 e. The van der Waals surface area contributed by atoms with Gasteiger partial charge < -0.3 is 26.2 Å². The number of carbonyl (C=O) groups excluding carboxylic acids is 2. The average Bonchev–Trinajstić information content (AvgIpc) is 2.93. The van der Waals surface area contributed by atoms with E-state index in [0.29, 0.717) is 24.6 Å². The van der Waals surface area contributed by atoms with E-state index in [1.54, 1.807) is 12.1 Å². The lowest BCUT2D eigenvalue weighted by atomic mass is 10.0. The molecule has 2 amide bonds. The second-order valence-corrected chi connectivity index (χ2v) is 8.01. The van der Waals surface area contributed by atoms with Gasteiger partial charge in [-0.05, 0) is 37.7 Å². The third-order valence-corrected chi connectivity index (χ3v) is 6.08. The lowest BCUT2D eigenvalue weighted by molar-refractivity contribution is -0.140. The molecular formula is C20H23N7O6. The number of guanidine groups is 1. The van der Waals surface area contributed by atoms with Crippen LogP contribution in [0.2, 0.25) is 0 Å². The van der Waals surface area contributed by atoms with Crippen LogP contribution >= 0.6 is 0 Å². The predicted molar refractivity (Wildman–Crippen MR) is 116 cm³/mol. The molecule has 2 bridgehead atoms. The number of likely N-dealkylation sites (N-methyl/N-ethyl adjacent to an activating group) is 1. The number of nitrogens with one attached hydrogen (secondary N) is 2. The number of aliphatic carboxylic acids is 2. The minimum absolute atomic E-state index is 0.0222. The maximum Gasteiger partial charge on any atom is 0.326 e. The number of nitrogens with zero attached hydrogens (tertiary/aromatic N) is 4. The number of aliphatic imine (C=N–C) groups is 2. The minimum atomic E-state index is -1.33. The van der Waals surface area contributed by atoms with Gasteiger partial charge in [0.2, 0.25) is 11.6 Å². The summed E-state index contributed by atoms with van der Waals surface area (Å²) in [6.45, 7) is 0.954. The number of nitrogens with two attached hydrogens (primary N) is 1. The number of carboxylic acids is 2. The largest absolute Gasteiger partial charge is 0.481 e. The Morgan fingerprint density at radius 2 is 2.00 bits per heavy atom. The Balaban J connectivity index is 1.57. The summed E-state index contributed by atoms with van der Waals surface area (Å²) in [5.74, 6) is -3.22. The zero-order valence-electron chi connectivity index (χ0n) is 17.7. The molecular weight excluding hydrogens is 434 g/mol. The SMILES string of the molecule is CN1C2CN=C3N=C(N)NC(=O)C31N(c1ccc(C(=O)NC(CCC(=O)O)C(=O)O)cc1)C2. The van der Waals surface area contributed by atoms with Gasteiger partial charge in [0.1, 0.15) is 6.04 Å². The maximum atomic E-state index is 13.1. The van der Waals surface area contributed by atoms with Gasteiger partial charge in [-0.25, -0.2) is 4.79 Å². The first-order chi connectivity index (χ1) is 15.6. The third-order valence-electron chi connectivity index (χ3n) is 6.08. The molecule has 0 saturated carbocycles. The third kappa shape index (κ3) is 3.65. The first-order valence-corrected chi connectivity index (χ1v) is 10.2. The molecule has 174 valence electrons. The molecule has 1 aromatic carbocycles. The number of carboxylic acid groups (broad SMARTS) is 2. The molecule has 13 heteroatoms. The van der Waals surface area contributed by atoms with Crippen molar-refractivity contribution in [1.29, 1.82) is 0 Å². The number of fused-ring (bicyclic) bond motifs is 1. The molecule has 0 aromatic heterocycles. The Labute approximate surface area is 188 Å². The van der Waals surface area contributed by atoms with Crippen molar-refractivity contribution in [2.75, 3.05) is 25.0 Å². The van der Waals surface area contributed by atoms with Crippen LogP contribution in [0.1, 0.15) is 23.2 Å². The lowest BCUT2D eigenvalue weighted by Gasteiger charge is -2.44. The fourth-order valence-electron chi connectivity index (χ4n) is 4.38. The maximum absolute atomic E-state index is 13.1. The Kier molecular flexibility index (Phi) is 5.49. The number of hydrogen-bond donors (Lipinski definition) is 5. The van der Waals surface area contributed by atoms with Crippen molar-refractivity contribution in [3.05, 3.63) is 29.8 Å². The number of amides is 2. The Bertz CT molecular complexity index is 1080. The van der Waals surface area contributed by atoms with Gasteiger partial charge in [-0.3, -0.25) is 29.6 Å². The van der Waals surface area contributed by atoms with Crippen LogP contribution in [0.5, 0.6) is 0 Å². The first-order valence-electron chi connectivity index (χ1n) is 10.2. The monoisotopic (exact) mass is 457 g/mol. The summed E-state index contributed by atoms with van der Waals surface area (Å²) in [4.78, 5) is 60.1. The minimum Gasteiger partial charge on any atom is -0.481 e. The van der Waals surface area contributed by atoms with E-state index in [-0.39, 0.29) is 36.3 Å². The number of hydrogen-bond acceptors (Lipinski definition) is 9. The van der Waals surface area contributed by atoms with Gasteiger partial charge in [-0.2, -0.15) is 4.99 Å². The summed E-state index contributed by atoms with van der Waals surface area (Å²) >= 11 is 0. The topological polar surface area (TPSA) is 190 Å². The molecule has 1 saturated heterocycles. The second kappa shape index (κ2) is 8.16. The molecule has 13 nitrogen and oxygen atoms in total. The molecule has 3 aliphatic heterocycles. The highest BCUT2D eigenvalue weighted by Crippen LogP contribution is 2.40. The fourth-order valence-corrected chi connectivity index (χ4v) is 4.38. The van der Waals surface area contributed by atoms with Gasteiger partial charge in [0.05, 0.1) is 6.54 Å². The van der Waals surface area contributed by atoms with Crippen molar-refractivity contribution in [2.45, 2.75) is 30.6 Å². The van der Waals surface area contributed by atoms with Crippen LogP contribution in [0.3, 0.4) is 0 Å². The van der Waals surface area contributed by atoms with E-state index < -0.39 is 29.6 Å². The highest BCUT2D eigenvalue weighted by molar-refractivity contribution is 6.25. The van der Waals surface area contributed by atoms with Gasteiger partial charge in [0.25, 0.3) is 11.8 Å². The van der Waals surface area contributed by atoms with Crippen LogP contribution in [-0.2, 0) is 14.4 Å². The van der Waals surface area contributed by atoms with Gasteiger partial charge >= 0.3 is 11.9 Å². The highest BCUT2D eigenvalue weighted by atomic mass is 16.4. The molecule has 1 aromatic rings. The standard InChI is InChI=1S/C20H23N7O6/c1-26-12-8-22-17-20(26,18(33)25-19(21)24-17)27(9-12)11-4-2-10(3-5-11)15(30)23-13(16(31)32)6-7-14(28)29/h2-5,12-13H,6-9H2,1H3,(H,23,30)(H,28,29)(H,31,32)(H3,21,22,24,25,33). The van der Waals surface area contributed by atoms with Gasteiger partial charge in [-0.1, -0.05) is 0 Å². The summed E-state index contributed by atoms with van der Waals surface area (Å²) in [6, 6.07) is 4.97. The molecule has 0 radical (unpaired) electrons. The van der Waals surface area contributed by atoms with Gasteiger partial charge in [0, 0.05) is 30.3 Å². The van der Waals surface area contributed by atoms with Crippen LogP contribution in [0.4, 0.5) is 5.69 Å². The van der Waals surface area contributed by atoms with E-state index >= 15 is 0 Å². The van der Waals surface area contributed by atoms with Crippen molar-refractivity contribution in [2.24, 2.45) is 15.7 Å². The number of carbonyl (C=O) groups is 4. The molecule has 1 spiro atoms. The molecule has 3 heterocycles. The van der Waals surface area contributed by atoms with E-state index in [0.717, 1.165) is 0 Å². The summed E-state index contributed by atoms with van der Waals surface area (Å²) in [6.07, 6.45) is -0.625. The molecule has 4 rings (SSSR count). The summed E-state index contributed by atoms with van der Waals surface area (Å²) in [5.41, 5.74) is 5.29. The quantitative estimate of drug-likeness (QED) is 0.321. The van der Waals surface area contributed by atoms with Crippen LogP contribution in [-0.4, -0.2) is 88.5 Å². The van der Waals surface area contributed by atoms with Crippen LogP contribution in [0, 0.1) is 0 Å². The summed E-state index contributed by atoms with van der Waals surface area (Å²) in [7, 11) is 1.82. The van der Waals surface area contributed by atoms with Crippen molar-refractivity contribution < 1.29 is 29.4 Å². The number of anilines is 1. The first kappa shape index (κ1) is 22.2. The van der Waals surface area contributed by atoms with E-state index in [1.807, 2.05) is 16.8 Å². The average molecular weight is 457 g/mol. The van der Waals surface area contributed by atoms with Crippen molar-refractivity contribution in [1.82, 2.24) is 15.5 Å². The second-order valence-electron chi connectivity index (χ2n) is 8.01. The van der Waals surface area contributed by atoms with Crippen LogP contribution < -0.4 is 21.3 Å². The normalized spacial score (nSPS) is 24.8. The molecule has 0 aliphatic carbocycles.